The summed E-state index contributed by atoms with van der Waals surface area (Å²) < 4.78 is 5.33. The van der Waals surface area contributed by atoms with Crippen LogP contribution in [0.3, 0.4) is 0 Å². The highest BCUT2D eigenvalue weighted by atomic mass is 32.1. The molecule has 2 amide bonds. The maximum Gasteiger partial charge on any atom is 0.277 e. The van der Waals surface area contributed by atoms with Gasteiger partial charge in [-0.1, -0.05) is 0 Å². The van der Waals surface area contributed by atoms with Gasteiger partial charge in [0.05, 0.1) is 32.9 Å². The van der Waals surface area contributed by atoms with Crippen LogP contribution in [-0.2, 0) is 4.79 Å². The van der Waals surface area contributed by atoms with Gasteiger partial charge in [-0.2, -0.15) is 0 Å². The number of nitrogens with zero attached hydrogens (tertiary/aromatic N) is 3. The molecule has 3 aromatic rings. The molecule has 0 spiro atoms. The summed E-state index contributed by atoms with van der Waals surface area (Å²) in [7, 11) is 0. The quantitative estimate of drug-likeness (QED) is 0.435. The van der Waals surface area contributed by atoms with Gasteiger partial charge in [0.2, 0.25) is 0 Å². The number of carbonyl (C=O) groups is 2. The molecule has 162 valence electrons. The molecule has 12 nitrogen and oxygen atoms in total. The van der Waals surface area contributed by atoms with Gasteiger partial charge in [0.1, 0.15) is 5.75 Å². The van der Waals surface area contributed by atoms with Crippen molar-refractivity contribution in [1.29, 1.82) is 0 Å². The van der Waals surface area contributed by atoms with E-state index in [0.29, 0.717) is 22.7 Å². The number of hydrogen-bond acceptors (Lipinski definition) is 9. The van der Waals surface area contributed by atoms with Gasteiger partial charge in [0.25, 0.3) is 23.2 Å². The van der Waals surface area contributed by atoms with Gasteiger partial charge >= 0.3 is 0 Å². The van der Waals surface area contributed by atoms with E-state index in [0.717, 1.165) is 34.4 Å². The lowest BCUT2D eigenvalue weighted by Gasteiger charge is -2.18. The van der Waals surface area contributed by atoms with Crippen molar-refractivity contribution in [3.05, 3.63) is 67.1 Å². The lowest BCUT2D eigenvalue weighted by molar-refractivity contribution is -0.394. The Bertz CT molecular complexity index is 1270. The first-order chi connectivity index (χ1) is 15.2. The van der Waals surface area contributed by atoms with Gasteiger partial charge in [-0.05, 0) is 25.1 Å². The predicted molar refractivity (Wildman–Crippen MR) is 114 cm³/mol. The molecule has 0 fully saturated rings. The van der Waals surface area contributed by atoms with Crippen molar-refractivity contribution < 1.29 is 24.2 Å². The van der Waals surface area contributed by atoms with Crippen LogP contribution in [-0.4, -0.2) is 33.3 Å². The van der Waals surface area contributed by atoms with E-state index in [9.17, 15) is 29.8 Å². The van der Waals surface area contributed by atoms with Crippen LogP contribution >= 0.6 is 11.3 Å². The van der Waals surface area contributed by atoms with Gasteiger partial charge < -0.3 is 10.1 Å². The van der Waals surface area contributed by atoms with Gasteiger partial charge in [0, 0.05) is 22.6 Å². The van der Waals surface area contributed by atoms with E-state index < -0.39 is 27.1 Å². The fraction of sp³-hybridized carbons (Fsp3) is 0.105. The molecular weight excluding hydrogens is 442 g/mol. The Labute approximate surface area is 183 Å². The summed E-state index contributed by atoms with van der Waals surface area (Å²) in [6, 6.07) is 7.84. The molecular formula is C19H13N5O7S. The Kier molecular flexibility index (Phi) is 5.24. The van der Waals surface area contributed by atoms with Crippen LogP contribution in [0.5, 0.6) is 5.75 Å². The average molecular weight is 455 g/mol. The van der Waals surface area contributed by atoms with Crippen molar-refractivity contribution in [2.45, 2.75) is 6.92 Å². The molecule has 0 saturated heterocycles. The van der Waals surface area contributed by atoms with Crippen molar-refractivity contribution in [1.82, 2.24) is 4.98 Å². The zero-order valence-electron chi connectivity index (χ0n) is 16.3. The lowest BCUT2D eigenvalue weighted by Crippen LogP contribution is -2.25. The maximum atomic E-state index is 12.6. The Morgan fingerprint density at radius 1 is 1.16 bits per heavy atom. The third-order valence-electron chi connectivity index (χ3n) is 4.49. The molecule has 13 heteroatoms. The van der Waals surface area contributed by atoms with Crippen molar-refractivity contribution in [3.63, 3.8) is 0 Å². The number of hydrogen-bond donors (Lipinski definition) is 2. The fourth-order valence-corrected chi connectivity index (χ4v) is 3.89. The second-order valence-corrected chi connectivity index (χ2v) is 7.88. The topological polar surface area (TPSA) is 167 Å². The molecule has 0 atom stereocenters. The van der Waals surface area contributed by atoms with Crippen molar-refractivity contribution >= 4 is 45.3 Å². The molecule has 2 N–H and O–H groups in total. The first kappa shape index (κ1) is 20.9. The Hall–Kier alpha value is -4.39. The predicted octanol–water partition coefficient (Wildman–Crippen LogP) is 3.52. The molecule has 0 aliphatic carbocycles. The number of nitro benzene ring substituents is 2. The molecule has 4 rings (SSSR count). The van der Waals surface area contributed by atoms with Crippen LogP contribution in [0, 0.1) is 27.2 Å². The highest BCUT2D eigenvalue weighted by Crippen LogP contribution is 2.36. The molecule has 1 aliphatic rings. The SMILES string of the molecule is Cc1sc(NC(=O)c2cc([N+](=O)[O-])cc([N+](=O)[O-])c2)nc1-c1ccc2c(c1)NC(=O)CO2. The number of amides is 2. The van der Waals surface area contributed by atoms with E-state index in [-0.39, 0.29) is 23.2 Å². The molecule has 2 aromatic carbocycles. The summed E-state index contributed by atoms with van der Waals surface area (Å²) in [6.07, 6.45) is 0. The first-order valence-corrected chi connectivity index (χ1v) is 9.82. The van der Waals surface area contributed by atoms with E-state index in [1.54, 1.807) is 25.1 Å². The summed E-state index contributed by atoms with van der Waals surface area (Å²) >= 11 is 1.16. The Morgan fingerprint density at radius 2 is 1.84 bits per heavy atom. The number of carbonyl (C=O) groups excluding carboxylic acids is 2. The third-order valence-corrected chi connectivity index (χ3v) is 5.38. The number of nitro groups is 2. The van der Waals surface area contributed by atoms with Gasteiger partial charge in [-0.25, -0.2) is 4.98 Å². The lowest BCUT2D eigenvalue weighted by atomic mass is 10.1. The first-order valence-electron chi connectivity index (χ1n) is 9.01. The average Bonchev–Trinajstić information content (AvgIpc) is 3.12. The van der Waals surface area contributed by atoms with Crippen LogP contribution in [0.4, 0.5) is 22.2 Å². The van der Waals surface area contributed by atoms with Gasteiger partial charge in [0.15, 0.2) is 11.7 Å². The maximum absolute atomic E-state index is 12.6. The minimum atomic E-state index is -0.812. The zero-order valence-corrected chi connectivity index (χ0v) is 17.1. The summed E-state index contributed by atoms with van der Waals surface area (Å²) in [6.45, 7) is 1.73. The zero-order chi connectivity index (χ0) is 23.0. The van der Waals surface area contributed by atoms with E-state index in [4.69, 9.17) is 4.74 Å². The van der Waals surface area contributed by atoms with Crippen molar-refractivity contribution in [2.75, 3.05) is 17.2 Å². The molecule has 0 unspecified atom stereocenters. The Morgan fingerprint density at radius 3 is 2.50 bits per heavy atom. The number of nitrogens with one attached hydrogen (secondary N) is 2. The summed E-state index contributed by atoms with van der Waals surface area (Å²) in [5.74, 6) is -0.520. The van der Waals surface area contributed by atoms with Crippen LogP contribution in [0.15, 0.2) is 36.4 Å². The summed E-state index contributed by atoms with van der Waals surface area (Å²) in [5.41, 5.74) is 0.347. The smallest absolute Gasteiger partial charge is 0.277 e. The minimum absolute atomic E-state index is 0.0614. The number of thiazole rings is 1. The Balaban J connectivity index is 1.61. The monoisotopic (exact) mass is 455 g/mol. The number of anilines is 2. The van der Waals surface area contributed by atoms with Gasteiger partial charge in [-0.3, -0.25) is 35.1 Å². The van der Waals surface area contributed by atoms with Crippen molar-refractivity contribution in [3.8, 4) is 17.0 Å². The second-order valence-electron chi connectivity index (χ2n) is 6.68. The number of fused-ring (bicyclic) bond motifs is 1. The van der Waals surface area contributed by atoms with Gasteiger partial charge in [-0.15, -0.1) is 11.3 Å². The van der Waals surface area contributed by atoms with Crippen LogP contribution in [0.1, 0.15) is 15.2 Å². The highest BCUT2D eigenvalue weighted by molar-refractivity contribution is 7.16. The van der Waals surface area contributed by atoms with Crippen LogP contribution < -0.4 is 15.4 Å². The minimum Gasteiger partial charge on any atom is -0.482 e. The number of ether oxygens (including phenoxy) is 1. The van der Waals surface area contributed by atoms with Crippen molar-refractivity contribution in [2.24, 2.45) is 0 Å². The molecule has 1 aliphatic heterocycles. The number of benzene rings is 2. The van der Waals surface area contributed by atoms with E-state index >= 15 is 0 Å². The van der Waals surface area contributed by atoms with E-state index in [2.05, 4.69) is 15.6 Å². The molecule has 0 radical (unpaired) electrons. The standard InChI is InChI=1S/C19H13N5O7S/c1-9-17(10-2-3-15-14(6-10)20-16(25)8-31-15)21-19(32-9)22-18(26)11-4-12(23(27)28)7-13(5-11)24(29)30/h2-7H,8H2,1H3,(H,20,25)(H,21,22,26). The highest BCUT2D eigenvalue weighted by Gasteiger charge is 2.22. The second kappa shape index (κ2) is 8.03. The molecule has 2 heterocycles. The number of rotatable bonds is 5. The van der Waals surface area contributed by atoms with E-state index in [1.807, 2.05) is 0 Å². The summed E-state index contributed by atoms with van der Waals surface area (Å²) in [5, 5.41) is 27.5. The van der Waals surface area contributed by atoms with E-state index in [1.165, 1.54) is 0 Å². The molecule has 0 bridgehead atoms. The molecule has 1 aromatic heterocycles. The normalized spacial score (nSPS) is 12.3. The van der Waals surface area contributed by atoms with Crippen LogP contribution in [0.25, 0.3) is 11.3 Å². The molecule has 32 heavy (non-hydrogen) atoms. The molecule has 0 saturated carbocycles. The third kappa shape index (κ3) is 4.09. The fourth-order valence-electron chi connectivity index (χ4n) is 3.05. The van der Waals surface area contributed by atoms with Crippen LogP contribution in [0.2, 0.25) is 0 Å². The largest absolute Gasteiger partial charge is 0.482 e. The summed E-state index contributed by atoms with van der Waals surface area (Å²) in [4.78, 5) is 49.8. The number of aromatic nitrogens is 1. The number of non-ortho nitro benzene ring substituents is 2. The number of aryl methyl sites for hydroxylation is 1.